The first-order valence-corrected chi connectivity index (χ1v) is 10.7. The SMILES string of the molecule is COc1cccc(-c2cc(C3(C(=O)N4CCN(Cc5cccnc5)CC4)CC3)no2)c1. The fraction of sp³-hybridized carbons (Fsp3) is 0.375. The third kappa shape index (κ3) is 3.93. The summed E-state index contributed by atoms with van der Waals surface area (Å²) in [5.74, 6) is 1.60. The molecule has 0 unspecified atom stereocenters. The van der Waals surface area contributed by atoms with E-state index in [1.54, 1.807) is 13.3 Å². The molecule has 1 aliphatic carbocycles. The van der Waals surface area contributed by atoms with Gasteiger partial charge in [-0.15, -0.1) is 0 Å². The van der Waals surface area contributed by atoms with Gasteiger partial charge < -0.3 is 14.2 Å². The van der Waals surface area contributed by atoms with E-state index in [1.165, 1.54) is 5.56 Å². The molecule has 7 heteroatoms. The van der Waals surface area contributed by atoms with Gasteiger partial charge in [0.2, 0.25) is 5.91 Å². The number of rotatable bonds is 6. The number of amides is 1. The van der Waals surface area contributed by atoms with Gasteiger partial charge in [-0.05, 0) is 36.6 Å². The quantitative estimate of drug-likeness (QED) is 0.613. The molecule has 1 amide bonds. The van der Waals surface area contributed by atoms with Gasteiger partial charge in [0.1, 0.15) is 5.75 Å². The van der Waals surface area contributed by atoms with Crippen molar-refractivity contribution in [3.8, 4) is 17.1 Å². The van der Waals surface area contributed by atoms with Crippen LogP contribution in [0.15, 0.2) is 59.4 Å². The number of ether oxygens (including phenoxy) is 1. The smallest absolute Gasteiger partial charge is 0.235 e. The Kier molecular flexibility index (Phi) is 5.19. The van der Waals surface area contributed by atoms with Crippen LogP contribution in [0.1, 0.15) is 24.1 Å². The van der Waals surface area contributed by atoms with Crippen LogP contribution < -0.4 is 4.74 Å². The van der Waals surface area contributed by atoms with Gasteiger partial charge in [0.15, 0.2) is 5.76 Å². The molecule has 0 N–H and O–H groups in total. The largest absolute Gasteiger partial charge is 0.497 e. The van der Waals surface area contributed by atoms with E-state index in [4.69, 9.17) is 9.26 Å². The number of carbonyl (C=O) groups excluding carboxylic acids is 1. The van der Waals surface area contributed by atoms with Crippen LogP contribution in [0, 0.1) is 0 Å². The third-order valence-corrected chi connectivity index (χ3v) is 6.30. The lowest BCUT2D eigenvalue weighted by Crippen LogP contribution is -2.51. The molecule has 160 valence electrons. The average molecular weight is 418 g/mol. The summed E-state index contributed by atoms with van der Waals surface area (Å²) in [5, 5.41) is 4.29. The molecule has 1 aliphatic heterocycles. The number of methoxy groups -OCH3 is 1. The maximum Gasteiger partial charge on any atom is 0.235 e. The van der Waals surface area contributed by atoms with Gasteiger partial charge in [-0.2, -0.15) is 0 Å². The summed E-state index contributed by atoms with van der Waals surface area (Å²) in [5.41, 5.74) is 2.32. The maximum atomic E-state index is 13.4. The Morgan fingerprint density at radius 3 is 2.68 bits per heavy atom. The van der Waals surface area contributed by atoms with E-state index >= 15 is 0 Å². The minimum atomic E-state index is -0.522. The molecule has 2 aromatic heterocycles. The van der Waals surface area contributed by atoms with Crippen LogP contribution in [0.4, 0.5) is 0 Å². The van der Waals surface area contributed by atoms with E-state index in [0.29, 0.717) is 5.76 Å². The maximum absolute atomic E-state index is 13.4. The van der Waals surface area contributed by atoms with E-state index in [2.05, 4.69) is 21.1 Å². The van der Waals surface area contributed by atoms with Crippen molar-refractivity contribution in [2.75, 3.05) is 33.3 Å². The lowest BCUT2D eigenvalue weighted by Gasteiger charge is -2.36. The molecule has 1 saturated carbocycles. The van der Waals surface area contributed by atoms with Crippen molar-refractivity contribution in [2.24, 2.45) is 0 Å². The number of benzene rings is 1. The fourth-order valence-electron chi connectivity index (χ4n) is 4.28. The van der Waals surface area contributed by atoms with Gasteiger partial charge in [0, 0.05) is 56.7 Å². The molecular weight excluding hydrogens is 392 g/mol. The zero-order valence-corrected chi connectivity index (χ0v) is 17.7. The molecule has 0 spiro atoms. The lowest BCUT2D eigenvalue weighted by molar-refractivity contribution is -0.136. The Hall–Kier alpha value is -3.19. The van der Waals surface area contributed by atoms with Crippen LogP contribution in [0.2, 0.25) is 0 Å². The number of nitrogens with zero attached hydrogens (tertiary/aromatic N) is 4. The number of aromatic nitrogens is 2. The molecule has 0 atom stereocenters. The minimum absolute atomic E-state index is 0.180. The van der Waals surface area contributed by atoms with E-state index in [9.17, 15) is 4.79 Å². The standard InChI is InChI=1S/C24H26N4O3/c1-30-20-6-2-5-19(14-20)21-15-22(26-31-21)24(7-8-24)23(29)28-12-10-27(11-13-28)17-18-4-3-9-25-16-18/h2-6,9,14-16H,7-8,10-13,17H2,1H3. The summed E-state index contributed by atoms with van der Waals surface area (Å²) in [4.78, 5) is 21.9. The van der Waals surface area contributed by atoms with Crippen molar-refractivity contribution in [3.63, 3.8) is 0 Å². The van der Waals surface area contributed by atoms with Crippen LogP contribution in [0.5, 0.6) is 5.75 Å². The molecule has 0 bridgehead atoms. The highest BCUT2D eigenvalue weighted by Crippen LogP contribution is 2.50. The van der Waals surface area contributed by atoms with E-state index in [1.807, 2.05) is 47.5 Å². The topological polar surface area (TPSA) is 71.7 Å². The van der Waals surface area contributed by atoms with Crippen molar-refractivity contribution in [1.29, 1.82) is 0 Å². The Morgan fingerprint density at radius 1 is 1.13 bits per heavy atom. The average Bonchev–Trinajstić information content (AvgIpc) is 3.48. The Morgan fingerprint density at radius 2 is 1.97 bits per heavy atom. The number of carbonyl (C=O) groups is 1. The van der Waals surface area contributed by atoms with Crippen molar-refractivity contribution in [3.05, 3.63) is 66.1 Å². The summed E-state index contributed by atoms with van der Waals surface area (Å²) in [6, 6.07) is 13.6. The van der Waals surface area contributed by atoms with Gasteiger partial charge in [0.05, 0.1) is 18.2 Å². The zero-order chi connectivity index (χ0) is 21.3. The first-order chi connectivity index (χ1) is 15.2. The Bertz CT molecular complexity index is 1050. The van der Waals surface area contributed by atoms with Crippen molar-refractivity contribution in [2.45, 2.75) is 24.8 Å². The molecule has 1 aromatic carbocycles. The normalized spacial score (nSPS) is 18.0. The van der Waals surface area contributed by atoms with Crippen molar-refractivity contribution in [1.82, 2.24) is 19.9 Å². The molecule has 2 aliphatic rings. The van der Waals surface area contributed by atoms with Crippen LogP contribution in [0.25, 0.3) is 11.3 Å². The molecule has 3 aromatic rings. The second-order valence-electron chi connectivity index (χ2n) is 8.32. The van der Waals surface area contributed by atoms with Gasteiger partial charge >= 0.3 is 0 Å². The number of hydrogen-bond acceptors (Lipinski definition) is 6. The highest BCUT2D eigenvalue weighted by atomic mass is 16.5. The molecule has 5 rings (SSSR count). The molecular formula is C24H26N4O3. The number of pyridine rings is 1. The van der Waals surface area contributed by atoms with E-state index in [0.717, 1.165) is 62.6 Å². The zero-order valence-electron chi connectivity index (χ0n) is 17.7. The van der Waals surface area contributed by atoms with E-state index in [-0.39, 0.29) is 5.91 Å². The lowest BCUT2D eigenvalue weighted by atomic mass is 9.99. The van der Waals surface area contributed by atoms with Crippen LogP contribution in [-0.2, 0) is 16.8 Å². The monoisotopic (exact) mass is 418 g/mol. The third-order valence-electron chi connectivity index (χ3n) is 6.30. The molecule has 31 heavy (non-hydrogen) atoms. The van der Waals surface area contributed by atoms with Gasteiger partial charge in [-0.25, -0.2) is 0 Å². The summed E-state index contributed by atoms with van der Waals surface area (Å²) >= 11 is 0. The summed E-state index contributed by atoms with van der Waals surface area (Å²) in [7, 11) is 1.64. The summed E-state index contributed by atoms with van der Waals surface area (Å²) in [6.07, 6.45) is 5.34. The second kappa shape index (κ2) is 8.15. The predicted octanol–water partition coefficient (Wildman–Crippen LogP) is 3.12. The molecule has 3 heterocycles. The molecule has 2 fully saturated rings. The first-order valence-electron chi connectivity index (χ1n) is 10.7. The van der Waals surface area contributed by atoms with Gasteiger partial charge in [-0.1, -0.05) is 23.4 Å². The van der Waals surface area contributed by atoms with Crippen molar-refractivity contribution >= 4 is 5.91 Å². The Labute approximate surface area is 181 Å². The van der Waals surface area contributed by atoms with Gasteiger partial charge in [-0.3, -0.25) is 14.7 Å². The molecule has 1 saturated heterocycles. The van der Waals surface area contributed by atoms with Crippen molar-refractivity contribution < 1.29 is 14.1 Å². The Balaban J connectivity index is 1.25. The second-order valence-corrected chi connectivity index (χ2v) is 8.32. The predicted molar refractivity (Wildman–Crippen MR) is 115 cm³/mol. The van der Waals surface area contributed by atoms with Crippen LogP contribution in [0.3, 0.4) is 0 Å². The highest BCUT2D eigenvalue weighted by molar-refractivity contribution is 5.91. The summed E-state index contributed by atoms with van der Waals surface area (Å²) in [6.45, 7) is 4.08. The first kappa shape index (κ1) is 19.8. The highest BCUT2D eigenvalue weighted by Gasteiger charge is 2.55. The molecule has 7 nitrogen and oxygen atoms in total. The number of hydrogen-bond donors (Lipinski definition) is 0. The minimum Gasteiger partial charge on any atom is -0.497 e. The fourth-order valence-corrected chi connectivity index (χ4v) is 4.28. The van der Waals surface area contributed by atoms with Gasteiger partial charge in [0.25, 0.3) is 0 Å². The molecule has 0 radical (unpaired) electrons. The summed E-state index contributed by atoms with van der Waals surface area (Å²) < 4.78 is 10.9. The van der Waals surface area contributed by atoms with Crippen LogP contribution >= 0.6 is 0 Å². The van der Waals surface area contributed by atoms with E-state index < -0.39 is 5.41 Å². The number of piperazine rings is 1. The van der Waals surface area contributed by atoms with Crippen LogP contribution in [-0.4, -0.2) is 59.1 Å².